The zero-order chi connectivity index (χ0) is 18.7. The summed E-state index contributed by atoms with van der Waals surface area (Å²) in [5, 5.41) is 11.7. The minimum absolute atomic E-state index is 0.174. The molecule has 2 aliphatic rings. The molecule has 1 saturated carbocycles. The summed E-state index contributed by atoms with van der Waals surface area (Å²) < 4.78 is 11.6. The summed E-state index contributed by atoms with van der Waals surface area (Å²) in [6, 6.07) is 18.5. The van der Waals surface area contributed by atoms with Gasteiger partial charge in [0, 0.05) is 26.1 Å². The Morgan fingerprint density at radius 2 is 1.85 bits per heavy atom. The van der Waals surface area contributed by atoms with Crippen molar-refractivity contribution in [2.75, 3.05) is 26.8 Å². The number of rotatable bonds is 7. The molecule has 2 atom stereocenters. The molecule has 2 unspecified atom stereocenters. The summed E-state index contributed by atoms with van der Waals surface area (Å²) >= 11 is 0. The molecule has 4 rings (SSSR count). The third kappa shape index (κ3) is 4.18. The monoisotopic (exact) mass is 367 g/mol. The van der Waals surface area contributed by atoms with Crippen molar-refractivity contribution in [1.29, 1.82) is 0 Å². The molecule has 0 spiro atoms. The molecule has 2 fully saturated rings. The highest BCUT2D eigenvalue weighted by Gasteiger charge is 2.51. The van der Waals surface area contributed by atoms with Crippen LogP contribution in [0.15, 0.2) is 54.6 Å². The SMILES string of the molecule is COc1ccccc1CC(O)(C1CC1)C1CN(Cc2ccccc2)CCO1. The number of aliphatic hydroxyl groups is 1. The van der Waals surface area contributed by atoms with Crippen molar-refractivity contribution in [3.63, 3.8) is 0 Å². The van der Waals surface area contributed by atoms with Crippen molar-refractivity contribution in [3.05, 3.63) is 65.7 Å². The van der Waals surface area contributed by atoms with Crippen LogP contribution in [-0.4, -0.2) is 48.5 Å². The van der Waals surface area contributed by atoms with Crippen LogP contribution in [0.3, 0.4) is 0 Å². The standard InChI is InChI=1S/C23H29NO3/c1-26-21-10-6-5-9-19(21)15-23(25,20-11-12-20)22-17-24(13-14-27-22)16-18-7-3-2-4-8-18/h2-10,20,22,25H,11-17H2,1H3. The van der Waals surface area contributed by atoms with Crippen molar-refractivity contribution in [1.82, 2.24) is 4.90 Å². The third-order valence-corrected chi connectivity index (χ3v) is 5.91. The number of benzene rings is 2. The lowest BCUT2D eigenvalue weighted by Crippen LogP contribution is -2.56. The van der Waals surface area contributed by atoms with Crippen molar-refractivity contribution in [2.24, 2.45) is 5.92 Å². The lowest BCUT2D eigenvalue weighted by molar-refractivity contribution is -0.154. The van der Waals surface area contributed by atoms with Gasteiger partial charge < -0.3 is 14.6 Å². The number of morpholine rings is 1. The summed E-state index contributed by atoms with van der Waals surface area (Å²) in [5.74, 6) is 1.15. The van der Waals surface area contributed by atoms with Crippen LogP contribution in [-0.2, 0) is 17.7 Å². The second kappa shape index (κ2) is 8.01. The van der Waals surface area contributed by atoms with E-state index >= 15 is 0 Å². The fraction of sp³-hybridized carbons (Fsp3) is 0.478. The quantitative estimate of drug-likeness (QED) is 0.815. The van der Waals surface area contributed by atoms with Crippen LogP contribution in [0.2, 0.25) is 0 Å². The molecule has 2 aromatic rings. The largest absolute Gasteiger partial charge is 0.496 e. The Morgan fingerprint density at radius 1 is 1.11 bits per heavy atom. The van der Waals surface area contributed by atoms with Crippen LogP contribution in [0.5, 0.6) is 5.75 Å². The van der Waals surface area contributed by atoms with Gasteiger partial charge in [-0.1, -0.05) is 48.5 Å². The lowest BCUT2D eigenvalue weighted by Gasteiger charge is -2.42. The predicted octanol–water partition coefficient (Wildman–Crippen LogP) is 3.28. The summed E-state index contributed by atoms with van der Waals surface area (Å²) in [6.45, 7) is 3.23. The maximum absolute atomic E-state index is 11.7. The van der Waals surface area contributed by atoms with Crippen molar-refractivity contribution in [2.45, 2.75) is 37.5 Å². The van der Waals surface area contributed by atoms with Crippen LogP contribution in [0.4, 0.5) is 0 Å². The molecule has 1 aliphatic carbocycles. The highest BCUT2D eigenvalue weighted by atomic mass is 16.5. The third-order valence-electron chi connectivity index (χ3n) is 5.91. The molecule has 4 nitrogen and oxygen atoms in total. The van der Waals surface area contributed by atoms with Crippen LogP contribution < -0.4 is 4.74 Å². The van der Waals surface area contributed by atoms with Gasteiger partial charge in [-0.15, -0.1) is 0 Å². The molecule has 0 amide bonds. The van der Waals surface area contributed by atoms with E-state index in [4.69, 9.17) is 9.47 Å². The zero-order valence-corrected chi connectivity index (χ0v) is 16.0. The molecule has 1 aliphatic heterocycles. The number of hydrogen-bond donors (Lipinski definition) is 1. The Balaban J connectivity index is 1.51. The number of para-hydroxylation sites is 1. The van der Waals surface area contributed by atoms with Crippen molar-refractivity contribution < 1.29 is 14.6 Å². The molecule has 4 heteroatoms. The first-order valence-electron chi connectivity index (χ1n) is 9.91. The van der Waals surface area contributed by atoms with Crippen LogP contribution in [0.1, 0.15) is 24.0 Å². The maximum Gasteiger partial charge on any atom is 0.122 e. The molecular weight excluding hydrogens is 338 g/mol. The van der Waals surface area contributed by atoms with Gasteiger partial charge in [-0.25, -0.2) is 0 Å². The second-order valence-electron chi connectivity index (χ2n) is 7.83. The topological polar surface area (TPSA) is 41.9 Å². The predicted molar refractivity (Wildman–Crippen MR) is 106 cm³/mol. The van der Waals surface area contributed by atoms with Gasteiger partial charge in [-0.2, -0.15) is 0 Å². The van der Waals surface area contributed by atoms with Crippen LogP contribution in [0.25, 0.3) is 0 Å². The average Bonchev–Trinajstić information content (AvgIpc) is 3.55. The van der Waals surface area contributed by atoms with Gasteiger partial charge in [-0.05, 0) is 36.0 Å². The van der Waals surface area contributed by atoms with E-state index in [-0.39, 0.29) is 6.10 Å². The highest BCUT2D eigenvalue weighted by molar-refractivity contribution is 5.35. The molecule has 2 aromatic carbocycles. The number of nitrogens with zero attached hydrogens (tertiary/aromatic N) is 1. The van der Waals surface area contributed by atoms with Gasteiger partial charge in [0.25, 0.3) is 0 Å². The maximum atomic E-state index is 11.7. The molecule has 1 heterocycles. The first-order chi connectivity index (χ1) is 13.2. The molecular formula is C23H29NO3. The Morgan fingerprint density at radius 3 is 2.59 bits per heavy atom. The summed E-state index contributed by atoms with van der Waals surface area (Å²) in [7, 11) is 1.69. The van der Waals surface area contributed by atoms with E-state index < -0.39 is 5.60 Å². The average molecular weight is 367 g/mol. The van der Waals surface area contributed by atoms with E-state index in [1.807, 2.05) is 24.3 Å². The van der Waals surface area contributed by atoms with Gasteiger partial charge in [0.15, 0.2) is 0 Å². The normalized spacial score (nSPS) is 23.0. The Hall–Kier alpha value is -1.88. The van der Waals surface area contributed by atoms with E-state index in [0.29, 0.717) is 18.9 Å². The van der Waals surface area contributed by atoms with Crippen LogP contribution >= 0.6 is 0 Å². The Kier molecular flexibility index (Phi) is 5.48. The van der Waals surface area contributed by atoms with Gasteiger partial charge in [0.05, 0.1) is 25.4 Å². The zero-order valence-electron chi connectivity index (χ0n) is 16.0. The fourth-order valence-corrected chi connectivity index (χ4v) is 4.25. The van der Waals surface area contributed by atoms with E-state index in [9.17, 15) is 5.11 Å². The minimum Gasteiger partial charge on any atom is -0.496 e. The van der Waals surface area contributed by atoms with E-state index in [0.717, 1.165) is 43.8 Å². The van der Waals surface area contributed by atoms with Crippen LogP contribution in [0, 0.1) is 5.92 Å². The molecule has 0 radical (unpaired) electrons. The second-order valence-corrected chi connectivity index (χ2v) is 7.83. The van der Waals surface area contributed by atoms with E-state index in [1.54, 1.807) is 7.11 Å². The highest BCUT2D eigenvalue weighted by Crippen LogP contribution is 2.45. The molecule has 1 saturated heterocycles. The van der Waals surface area contributed by atoms with E-state index in [1.165, 1.54) is 5.56 Å². The van der Waals surface area contributed by atoms with E-state index in [2.05, 4.69) is 35.2 Å². The Labute approximate surface area is 161 Å². The number of methoxy groups -OCH3 is 1. The number of hydrogen-bond acceptors (Lipinski definition) is 4. The van der Waals surface area contributed by atoms with Crippen molar-refractivity contribution >= 4 is 0 Å². The van der Waals surface area contributed by atoms with Gasteiger partial charge in [-0.3, -0.25) is 4.90 Å². The molecule has 144 valence electrons. The Bertz CT molecular complexity index is 746. The lowest BCUT2D eigenvalue weighted by atomic mass is 9.83. The van der Waals surface area contributed by atoms with Gasteiger partial charge in [0.1, 0.15) is 5.75 Å². The van der Waals surface area contributed by atoms with Gasteiger partial charge >= 0.3 is 0 Å². The first kappa shape index (κ1) is 18.5. The molecule has 0 bridgehead atoms. The minimum atomic E-state index is -0.843. The number of ether oxygens (including phenoxy) is 2. The molecule has 1 N–H and O–H groups in total. The smallest absolute Gasteiger partial charge is 0.122 e. The summed E-state index contributed by atoms with van der Waals surface area (Å²) in [4.78, 5) is 2.40. The van der Waals surface area contributed by atoms with Crippen molar-refractivity contribution in [3.8, 4) is 5.75 Å². The summed E-state index contributed by atoms with van der Waals surface area (Å²) in [6.07, 6.45) is 2.55. The first-order valence-corrected chi connectivity index (χ1v) is 9.91. The van der Waals surface area contributed by atoms with Gasteiger partial charge in [0.2, 0.25) is 0 Å². The fourth-order valence-electron chi connectivity index (χ4n) is 4.25. The molecule has 0 aromatic heterocycles. The summed E-state index contributed by atoms with van der Waals surface area (Å²) in [5.41, 5.74) is 1.51. The molecule has 27 heavy (non-hydrogen) atoms.